The fourth-order valence-electron chi connectivity index (χ4n) is 1.61. The van der Waals surface area contributed by atoms with Crippen LogP contribution >= 0.6 is 10.7 Å². The second-order valence-electron chi connectivity index (χ2n) is 3.29. The van der Waals surface area contributed by atoms with Crippen LogP contribution < -0.4 is 0 Å². The Morgan fingerprint density at radius 2 is 1.75 bits per heavy atom. The van der Waals surface area contributed by atoms with Gasteiger partial charge in [0.25, 0.3) is 0 Å². The van der Waals surface area contributed by atoms with E-state index in [1.807, 2.05) is 0 Å². The molecule has 0 aromatic rings. The van der Waals surface area contributed by atoms with Crippen LogP contribution in [0, 0.1) is 0 Å². The number of hydrogen-bond acceptors (Lipinski definition) is 1. The second-order valence-corrected chi connectivity index (χ2v) is 5.31. The summed E-state index contributed by atoms with van der Waals surface area (Å²) in [5, 5.41) is -0.424. The Morgan fingerprint density at radius 3 is 2.33 bits per heavy atom. The van der Waals surface area contributed by atoms with Crippen molar-refractivity contribution in [3.8, 4) is 0 Å². The van der Waals surface area contributed by atoms with E-state index in [4.69, 9.17) is 10.7 Å². The van der Waals surface area contributed by atoms with Crippen LogP contribution in [0.4, 0.5) is 4.39 Å². The maximum absolute atomic E-state index is 13.3. The third-order valence-corrected chi connectivity index (χ3v) is 4.05. The monoisotopic (exact) mass is 212 g/mol. The molecule has 1 rings (SSSR count). The Hall–Kier alpha value is 0.370. The Labute approximate surface area is 79.6 Å². The van der Waals surface area contributed by atoms with Crippen LogP contribution in [0.1, 0.15) is 38.5 Å². The van der Waals surface area contributed by atoms with E-state index in [0.29, 0.717) is 12.8 Å². The molecule has 0 aromatic carbocycles. The molecule has 1 aliphatic carbocycles. The molecule has 12 heavy (non-hydrogen) atoms. The first-order valence-corrected chi connectivity index (χ1v) is 6.46. The molecule has 0 saturated heterocycles. The highest BCUT2D eigenvalue weighted by atomic mass is 35.7. The van der Waals surface area contributed by atoms with Gasteiger partial charge in [-0.05, 0) is 23.5 Å². The predicted molar refractivity (Wildman–Crippen MR) is 50.4 cm³/mol. The molecule has 0 aromatic heterocycles. The van der Waals surface area contributed by atoms with E-state index >= 15 is 0 Å². The lowest BCUT2D eigenvalue weighted by Gasteiger charge is -2.20. The standard InChI is InChI=1S/C8H14ClFOS/c9-12(11)8-6-4-2-1-3-5-7(8)10/h7-8H,1-6H2. The zero-order valence-electron chi connectivity index (χ0n) is 6.97. The van der Waals surface area contributed by atoms with Crippen molar-refractivity contribution in [2.24, 2.45) is 0 Å². The van der Waals surface area contributed by atoms with Gasteiger partial charge in [0.1, 0.15) is 16.2 Å². The highest BCUT2D eigenvalue weighted by Crippen LogP contribution is 2.24. The van der Waals surface area contributed by atoms with E-state index in [2.05, 4.69) is 0 Å². The van der Waals surface area contributed by atoms with Gasteiger partial charge in [0.15, 0.2) is 0 Å². The van der Waals surface area contributed by atoms with Gasteiger partial charge in [0, 0.05) is 0 Å². The van der Waals surface area contributed by atoms with Crippen LogP contribution in [0.2, 0.25) is 0 Å². The van der Waals surface area contributed by atoms with E-state index in [1.165, 1.54) is 0 Å². The highest BCUT2D eigenvalue weighted by Gasteiger charge is 2.26. The van der Waals surface area contributed by atoms with Crippen molar-refractivity contribution in [3.05, 3.63) is 0 Å². The minimum Gasteiger partial charge on any atom is -0.246 e. The average Bonchev–Trinajstić information content (AvgIpc) is 1.96. The Balaban J connectivity index is 2.48. The molecule has 0 heterocycles. The van der Waals surface area contributed by atoms with Gasteiger partial charge in [-0.25, -0.2) is 8.60 Å². The molecule has 3 unspecified atom stereocenters. The Kier molecular flexibility index (Phi) is 4.51. The quantitative estimate of drug-likeness (QED) is 0.611. The lowest BCUT2D eigenvalue weighted by atomic mass is 9.99. The zero-order valence-corrected chi connectivity index (χ0v) is 8.54. The number of halogens is 2. The van der Waals surface area contributed by atoms with Crippen LogP contribution in [0.25, 0.3) is 0 Å². The van der Waals surface area contributed by atoms with Gasteiger partial charge < -0.3 is 0 Å². The number of alkyl halides is 1. The summed E-state index contributed by atoms with van der Waals surface area (Å²) in [5.41, 5.74) is 0. The lowest BCUT2D eigenvalue weighted by molar-refractivity contribution is 0.273. The van der Waals surface area contributed by atoms with Gasteiger partial charge in [0.05, 0.1) is 5.25 Å². The van der Waals surface area contributed by atoms with Crippen LogP contribution in [-0.4, -0.2) is 15.6 Å². The Bertz CT molecular complexity index is 165. The first-order valence-electron chi connectivity index (χ1n) is 4.42. The minimum absolute atomic E-state index is 0.424. The summed E-state index contributed by atoms with van der Waals surface area (Å²) in [6.45, 7) is 0. The summed E-state index contributed by atoms with van der Waals surface area (Å²) in [6.07, 6.45) is 4.35. The minimum atomic E-state index is -1.50. The zero-order chi connectivity index (χ0) is 8.97. The molecule has 0 aliphatic heterocycles. The molecule has 0 radical (unpaired) electrons. The smallest absolute Gasteiger partial charge is 0.121 e. The molecular formula is C8H14ClFOS. The molecule has 0 N–H and O–H groups in total. The van der Waals surface area contributed by atoms with Crippen molar-refractivity contribution in [2.75, 3.05) is 0 Å². The summed E-state index contributed by atoms with van der Waals surface area (Å²) in [7, 11) is 3.91. The summed E-state index contributed by atoms with van der Waals surface area (Å²) in [4.78, 5) is 0. The molecule has 0 bridgehead atoms. The summed E-state index contributed by atoms with van der Waals surface area (Å²) in [6, 6.07) is 0. The lowest BCUT2D eigenvalue weighted by Crippen LogP contribution is -2.25. The molecule has 1 saturated carbocycles. The van der Waals surface area contributed by atoms with Crippen LogP contribution in [0.3, 0.4) is 0 Å². The van der Waals surface area contributed by atoms with Gasteiger partial charge in [0.2, 0.25) is 0 Å². The third-order valence-electron chi connectivity index (χ3n) is 2.36. The molecule has 0 spiro atoms. The van der Waals surface area contributed by atoms with Gasteiger partial charge in [-0.3, -0.25) is 0 Å². The molecular weight excluding hydrogens is 199 g/mol. The molecule has 0 amide bonds. The molecule has 3 atom stereocenters. The molecule has 1 aliphatic rings. The first-order chi connectivity index (χ1) is 5.72. The second kappa shape index (κ2) is 5.18. The van der Waals surface area contributed by atoms with Crippen molar-refractivity contribution in [2.45, 2.75) is 49.9 Å². The van der Waals surface area contributed by atoms with E-state index in [0.717, 1.165) is 25.7 Å². The van der Waals surface area contributed by atoms with Crippen molar-refractivity contribution < 1.29 is 8.60 Å². The molecule has 1 fully saturated rings. The van der Waals surface area contributed by atoms with Crippen LogP contribution in [-0.2, 0) is 10.0 Å². The predicted octanol–water partition coefficient (Wildman–Crippen LogP) is 2.95. The fraction of sp³-hybridized carbons (Fsp3) is 1.00. The van der Waals surface area contributed by atoms with Crippen molar-refractivity contribution in [3.63, 3.8) is 0 Å². The van der Waals surface area contributed by atoms with Crippen LogP contribution in [0.5, 0.6) is 0 Å². The maximum atomic E-state index is 13.3. The van der Waals surface area contributed by atoms with Gasteiger partial charge >= 0.3 is 0 Å². The van der Waals surface area contributed by atoms with Crippen molar-refractivity contribution in [1.29, 1.82) is 0 Å². The topological polar surface area (TPSA) is 17.1 Å². The van der Waals surface area contributed by atoms with Gasteiger partial charge in [-0.1, -0.05) is 25.7 Å². The van der Waals surface area contributed by atoms with E-state index in [9.17, 15) is 8.60 Å². The van der Waals surface area contributed by atoms with E-state index in [1.54, 1.807) is 0 Å². The largest absolute Gasteiger partial charge is 0.246 e. The fourth-order valence-corrected chi connectivity index (χ4v) is 2.94. The summed E-state index contributed by atoms with van der Waals surface area (Å²) < 4.78 is 24.2. The number of rotatable bonds is 1. The van der Waals surface area contributed by atoms with Crippen molar-refractivity contribution in [1.82, 2.24) is 0 Å². The molecule has 4 heteroatoms. The van der Waals surface area contributed by atoms with E-state index < -0.39 is 21.4 Å². The Morgan fingerprint density at radius 1 is 1.17 bits per heavy atom. The summed E-state index contributed by atoms with van der Waals surface area (Å²) >= 11 is 0. The van der Waals surface area contributed by atoms with Crippen molar-refractivity contribution >= 4 is 20.7 Å². The molecule has 1 nitrogen and oxygen atoms in total. The maximum Gasteiger partial charge on any atom is 0.121 e. The average molecular weight is 213 g/mol. The first kappa shape index (κ1) is 10.5. The summed E-state index contributed by atoms with van der Waals surface area (Å²) in [5.74, 6) is 0. The SMILES string of the molecule is O=S(Cl)C1CCCCCCC1F. The van der Waals surface area contributed by atoms with Gasteiger partial charge in [-0.15, -0.1) is 0 Å². The normalized spacial score (nSPS) is 35.2. The number of hydrogen-bond donors (Lipinski definition) is 0. The highest BCUT2D eigenvalue weighted by molar-refractivity contribution is 8.08. The molecule has 72 valence electrons. The van der Waals surface area contributed by atoms with Crippen LogP contribution in [0.15, 0.2) is 0 Å². The third kappa shape index (κ3) is 3.02. The van der Waals surface area contributed by atoms with E-state index in [-0.39, 0.29) is 0 Å². The van der Waals surface area contributed by atoms with Gasteiger partial charge in [-0.2, -0.15) is 0 Å².